The zero-order valence-electron chi connectivity index (χ0n) is 17.8. The molecule has 2 N–H and O–H groups in total. The van der Waals surface area contributed by atoms with Crippen LogP contribution in [0.25, 0.3) is 5.76 Å². The van der Waals surface area contributed by atoms with Gasteiger partial charge in [0.05, 0.1) is 11.3 Å². The molecule has 172 valence electrons. The van der Waals surface area contributed by atoms with Gasteiger partial charge in [0.15, 0.2) is 11.3 Å². The fraction of sp³-hybridized carbons (Fsp3) is 0.0769. The van der Waals surface area contributed by atoms with Crippen LogP contribution in [-0.2, 0) is 19.2 Å². The molecule has 3 aromatic carbocycles. The molecule has 3 aliphatic heterocycles. The Morgan fingerprint density at radius 1 is 0.943 bits per heavy atom. The second-order valence-corrected chi connectivity index (χ2v) is 8.77. The number of aliphatic hydroxyl groups is 1. The number of halogens is 1. The van der Waals surface area contributed by atoms with Crippen molar-refractivity contribution in [2.24, 2.45) is 0 Å². The van der Waals surface area contributed by atoms with Crippen LogP contribution in [0, 0.1) is 0 Å². The lowest BCUT2D eigenvalue weighted by molar-refractivity contribution is -0.143. The normalized spacial score (nSPS) is 23.9. The van der Waals surface area contributed by atoms with Gasteiger partial charge in [0.25, 0.3) is 5.78 Å². The number of aliphatic hydroxyl groups excluding tert-OH is 1. The van der Waals surface area contributed by atoms with Crippen molar-refractivity contribution in [3.63, 3.8) is 0 Å². The topological polar surface area (TPSA) is 113 Å². The maximum atomic E-state index is 13.9. The highest BCUT2D eigenvalue weighted by Gasteiger charge is 2.71. The second kappa shape index (κ2) is 7.28. The Morgan fingerprint density at radius 3 is 2.40 bits per heavy atom. The predicted octanol–water partition coefficient (Wildman–Crippen LogP) is 3.62. The molecule has 0 radical (unpaired) electrons. The summed E-state index contributed by atoms with van der Waals surface area (Å²) in [6.45, 7) is 0. The van der Waals surface area contributed by atoms with Gasteiger partial charge in [-0.25, -0.2) is 4.79 Å². The van der Waals surface area contributed by atoms with E-state index in [1.807, 2.05) is 0 Å². The molecule has 0 aromatic heterocycles. The van der Waals surface area contributed by atoms with Crippen molar-refractivity contribution in [2.45, 2.75) is 11.5 Å². The van der Waals surface area contributed by atoms with Crippen LogP contribution < -0.4 is 15.0 Å². The minimum Gasteiger partial charge on any atom is -0.507 e. The first-order chi connectivity index (χ1) is 16.9. The van der Waals surface area contributed by atoms with E-state index in [0.29, 0.717) is 16.3 Å². The number of ether oxygens (including phenoxy) is 1. The minimum atomic E-state index is -2.27. The Hall–Kier alpha value is -4.43. The Labute approximate surface area is 203 Å². The van der Waals surface area contributed by atoms with Crippen molar-refractivity contribution < 1.29 is 29.0 Å². The number of ketones is 1. The molecule has 1 fully saturated rings. The molecule has 2 unspecified atom stereocenters. The van der Waals surface area contributed by atoms with Crippen LogP contribution in [0.2, 0.25) is 5.02 Å². The van der Waals surface area contributed by atoms with Crippen LogP contribution in [0.15, 0.2) is 78.4 Å². The highest BCUT2D eigenvalue weighted by molar-refractivity contribution is 6.55. The zero-order valence-corrected chi connectivity index (χ0v) is 18.6. The summed E-state index contributed by atoms with van der Waals surface area (Å²) in [5.74, 6) is -5.71. The predicted molar refractivity (Wildman–Crippen MR) is 126 cm³/mol. The van der Waals surface area contributed by atoms with Gasteiger partial charge in [0, 0.05) is 16.3 Å². The number of rotatable bonds is 2. The summed E-state index contributed by atoms with van der Waals surface area (Å²) in [5.41, 5.74) is -1.70. The standard InChI is InChI=1S/C26H15ClN2O6/c27-14-11-9-13(10-12-14)21(30)20-22(31)24(33)29-17-7-3-4-8-18(17)35-25(34)26(20,29)19-15-5-1-2-6-16(15)28-23(19)32/h1-12,19,30H,(H,28,32). The van der Waals surface area contributed by atoms with Crippen molar-refractivity contribution in [1.29, 1.82) is 0 Å². The number of fused-ring (bicyclic) bond motifs is 4. The molecule has 6 rings (SSSR count). The van der Waals surface area contributed by atoms with Crippen LogP contribution in [0.4, 0.5) is 11.4 Å². The van der Waals surface area contributed by atoms with Crippen molar-refractivity contribution in [3.05, 3.63) is 94.5 Å². The average molecular weight is 487 g/mol. The maximum Gasteiger partial charge on any atom is 0.344 e. The average Bonchev–Trinajstić information content (AvgIpc) is 3.31. The molecule has 3 aromatic rings. The van der Waals surface area contributed by atoms with E-state index in [9.17, 15) is 24.3 Å². The lowest BCUT2D eigenvalue weighted by Crippen LogP contribution is -2.62. The van der Waals surface area contributed by atoms with E-state index >= 15 is 0 Å². The summed E-state index contributed by atoms with van der Waals surface area (Å²) >= 11 is 5.97. The molecular weight excluding hydrogens is 472 g/mol. The quantitative estimate of drug-likeness (QED) is 0.188. The largest absolute Gasteiger partial charge is 0.507 e. The molecule has 9 heteroatoms. The number of hydrogen-bond acceptors (Lipinski definition) is 6. The third-order valence-corrected chi connectivity index (χ3v) is 6.79. The van der Waals surface area contributed by atoms with Gasteiger partial charge in [-0.1, -0.05) is 41.9 Å². The number of nitrogens with one attached hydrogen (secondary N) is 1. The van der Waals surface area contributed by atoms with E-state index in [-0.39, 0.29) is 17.0 Å². The number of amides is 2. The summed E-state index contributed by atoms with van der Waals surface area (Å²) < 4.78 is 5.63. The van der Waals surface area contributed by atoms with E-state index in [1.54, 1.807) is 36.4 Å². The maximum absolute atomic E-state index is 13.9. The highest BCUT2D eigenvalue weighted by Crippen LogP contribution is 2.56. The summed E-state index contributed by atoms with van der Waals surface area (Å²) in [5, 5.41) is 14.5. The molecular formula is C26H15ClN2O6. The van der Waals surface area contributed by atoms with Gasteiger partial charge >= 0.3 is 11.9 Å². The molecule has 35 heavy (non-hydrogen) atoms. The van der Waals surface area contributed by atoms with Crippen LogP contribution in [0.5, 0.6) is 5.75 Å². The Kier molecular flexibility index (Phi) is 4.40. The number of nitrogens with zero attached hydrogens (tertiary/aromatic N) is 1. The van der Waals surface area contributed by atoms with Gasteiger partial charge < -0.3 is 15.2 Å². The molecule has 1 saturated heterocycles. The van der Waals surface area contributed by atoms with E-state index < -0.39 is 46.4 Å². The number of carbonyl (C=O) groups excluding carboxylic acids is 4. The Balaban J connectivity index is 1.73. The number of anilines is 2. The van der Waals surface area contributed by atoms with Crippen LogP contribution >= 0.6 is 11.6 Å². The lowest BCUT2D eigenvalue weighted by Gasteiger charge is -2.43. The SMILES string of the molecule is O=C1C(=O)N2c3ccccc3OC(=O)C2(C2C(=O)Nc3ccccc32)C1=C(O)c1ccc(Cl)cc1. The number of Topliss-reactive ketones (excluding diaryl/α,β-unsaturated/α-hetero) is 1. The molecule has 2 atom stereocenters. The molecule has 3 aliphatic rings. The molecule has 8 nitrogen and oxygen atoms in total. The number of benzene rings is 3. The van der Waals surface area contributed by atoms with Gasteiger partial charge in [-0.15, -0.1) is 0 Å². The summed E-state index contributed by atoms with van der Waals surface area (Å²) in [7, 11) is 0. The fourth-order valence-electron chi connectivity index (χ4n) is 5.11. The van der Waals surface area contributed by atoms with Gasteiger partial charge in [-0.05, 0) is 48.0 Å². The summed E-state index contributed by atoms with van der Waals surface area (Å²) in [4.78, 5) is 55.3. The first-order valence-electron chi connectivity index (χ1n) is 10.7. The number of para-hydroxylation sites is 3. The van der Waals surface area contributed by atoms with Gasteiger partial charge in [-0.3, -0.25) is 19.3 Å². The van der Waals surface area contributed by atoms with Crippen LogP contribution in [0.3, 0.4) is 0 Å². The molecule has 3 heterocycles. The number of carbonyl (C=O) groups is 4. The summed E-state index contributed by atoms with van der Waals surface area (Å²) in [6, 6.07) is 18.8. The molecule has 0 bridgehead atoms. The molecule has 0 aliphatic carbocycles. The molecule has 0 spiro atoms. The summed E-state index contributed by atoms with van der Waals surface area (Å²) in [6.07, 6.45) is 0. The van der Waals surface area contributed by atoms with E-state index in [0.717, 1.165) is 4.90 Å². The van der Waals surface area contributed by atoms with Crippen molar-refractivity contribution in [3.8, 4) is 5.75 Å². The van der Waals surface area contributed by atoms with Crippen LogP contribution in [0.1, 0.15) is 17.0 Å². The first-order valence-corrected chi connectivity index (χ1v) is 11.0. The van der Waals surface area contributed by atoms with E-state index in [4.69, 9.17) is 16.3 Å². The van der Waals surface area contributed by atoms with Crippen molar-refractivity contribution >= 4 is 52.3 Å². The second-order valence-electron chi connectivity index (χ2n) is 8.33. The molecule has 2 amide bonds. The number of hydrogen-bond donors (Lipinski definition) is 2. The van der Waals surface area contributed by atoms with Crippen molar-refractivity contribution in [1.82, 2.24) is 0 Å². The number of esters is 1. The molecule has 0 saturated carbocycles. The van der Waals surface area contributed by atoms with E-state index in [1.165, 1.54) is 36.4 Å². The van der Waals surface area contributed by atoms with Gasteiger partial charge in [-0.2, -0.15) is 0 Å². The Morgan fingerprint density at radius 2 is 1.63 bits per heavy atom. The Bertz CT molecular complexity index is 1510. The van der Waals surface area contributed by atoms with Gasteiger partial charge in [0.2, 0.25) is 5.91 Å². The van der Waals surface area contributed by atoms with Crippen molar-refractivity contribution in [2.75, 3.05) is 10.2 Å². The fourth-order valence-corrected chi connectivity index (χ4v) is 5.23. The minimum absolute atomic E-state index is 0.0631. The third kappa shape index (κ3) is 2.68. The highest BCUT2D eigenvalue weighted by atomic mass is 35.5. The van der Waals surface area contributed by atoms with Crippen LogP contribution in [-0.4, -0.2) is 34.2 Å². The first kappa shape index (κ1) is 21.1. The van der Waals surface area contributed by atoms with Gasteiger partial charge in [0.1, 0.15) is 11.7 Å². The zero-order chi connectivity index (χ0) is 24.5. The van der Waals surface area contributed by atoms with E-state index in [2.05, 4.69) is 5.32 Å². The smallest absolute Gasteiger partial charge is 0.344 e. The lowest BCUT2D eigenvalue weighted by atomic mass is 9.73. The third-order valence-electron chi connectivity index (χ3n) is 6.54. The monoisotopic (exact) mass is 486 g/mol.